The second-order valence-electron chi connectivity index (χ2n) is 13.2. The summed E-state index contributed by atoms with van der Waals surface area (Å²) < 4.78 is 2.67. The fraction of sp³-hybridized carbons (Fsp3) is 0. The Kier molecular flexibility index (Phi) is 5.64. The van der Waals surface area contributed by atoms with Crippen molar-refractivity contribution in [2.24, 2.45) is 0 Å². The zero-order valence-corrected chi connectivity index (χ0v) is 27.4. The monoisotopic (exact) mass is 636 g/mol. The summed E-state index contributed by atoms with van der Waals surface area (Å²) in [4.78, 5) is 0. The summed E-state index contributed by atoms with van der Waals surface area (Å²) in [7, 11) is 0. The molecule has 0 spiro atoms. The van der Waals surface area contributed by atoms with Gasteiger partial charge in [-0.05, 0) is 123 Å². The third-order valence-corrected chi connectivity index (χ3v) is 11.7. The summed E-state index contributed by atoms with van der Waals surface area (Å²) in [5.74, 6) is 0. The van der Waals surface area contributed by atoms with Gasteiger partial charge in [0.1, 0.15) is 0 Å². The highest BCUT2D eigenvalue weighted by Crippen LogP contribution is 2.47. The van der Waals surface area contributed by atoms with Gasteiger partial charge in [-0.15, -0.1) is 11.3 Å². The molecule has 0 saturated heterocycles. The highest BCUT2D eigenvalue weighted by atomic mass is 32.1. The van der Waals surface area contributed by atoms with E-state index >= 15 is 0 Å². The van der Waals surface area contributed by atoms with Gasteiger partial charge in [0.15, 0.2) is 0 Å². The van der Waals surface area contributed by atoms with Crippen LogP contribution in [0.5, 0.6) is 0 Å². The molecule has 1 heterocycles. The van der Waals surface area contributed by atoms with Crippen molar-refractivity contribution in [3.05, 3.63) is 170 Å². The average Bonchev–Trinajstić information content (AvgIpc) is 3.51. The van der Waals surface area contributed by atoms with Crippen molar-refractivity contribution in [3.63, 3.8) is 0 Å². The molecule has 11 rings (SSSR count). The van der Waals surface area contributed by atoms with Gasteiger partial charge in [-0.2, -0.15) is 0 Å². The summed E-state index contributed by atoms with van der Waals surface area (Å²) in [6.07, 6.45) is 0. The van der Waals surface area contributed by atoms with E-state index in [0.29, 0.717) is 0 Å². The topological polar surface area (TPSA) is 0 Å². The number of thiophene rings is 1. The van der Waals surface area contributed by atoms with Gasteiger partial charge in [0.05, 0.1) is 0 Å². The molecular formula is C48H28S. The fourth-order valence-corrected chi connectivity index (χ4v) is 9.46. The molecule has 0 fully saturated rings. The first kappa shape index (κ1) is 27.0. The van der Waals surface area contributed by atoms with E-state index in [4.69, 9.17) is 0 Å². The third-order valence-electron chi connectivity index (χ3n) is 10.6. The number of fused-ring (bicyclic) bond motifs is 10. The van der Waals surface area contributed by atoms with Gasteiger partial charge < -0.3 is 0 Å². The first-order valence-corrected chi connectivity index (χ1v) is 17.7. The largest absolute Gasteiger partial charge is 0.135 e. The maximum atomic E-state index is 2.44. The van der Waals surface area contributed by atoms with Crippen LogP contribution in [0.1, 0.15) is 0 Å². The lowest BCUT2D eigenvalue weighted by atomic mass is 9.84. The van der Waals surface area contributed by atoms with E-state index in [1.165, 1.54) is 107 Å². The minimum Gasteiger partial charge on any atom is -0.135 e. The molecule has 226 valence electrons. The van der Waals surface area contributed by atoms with Crippen LogP contribution in [0.3, 0.4) is 0 Å². The van der Waals surface area contributed by atoms with Crippen LogP contribution in [-0.2, 0) is 0 Å². The normalized spacial score (nSPS) is 12.1. The van der Waals surface area contributed by atoms with Crippen molar-refractivity contribution in [2.45, 2.75) is 0 Å². The summed E-state index contributed by atoms with van der Waals surface area (Å²) in [5, 5.41) is 18.1. The van der Waals surface area contributed by atoms with Crippen LogP contribution in [0.25, 0.3) is 107 Å². The molecule has 0 saturated carbocycles. The van der Waals surface area contributed by atoms with Crippen LogP contribution >= 0.6 is 11.3 Å². The Morgan fingerprint density at radius 2 is 0.816 bits per heavy atom. The number of hydrogen-bond acceptors (Lipinski definition) is 1. The van der Waals surface area contributed by atoms with Crippen LogP contribution in [0.2, 0.25) is 0 Å². The molecule has 11 aromatic rings. The Labute approximate surface area is 287 Å². The Bertz CT molecular complexity index is 3100. The minimum atomic E-state index is 1.26. The molecule has 1 heteroatoms. The standard InChI is InChI=1S/C48H28S/c1-2-11-30-25-42-33(24-29(30)10-1)20-22-36-35(42)18-9-19-37(36)48-40-16-7-5-14-38(40)47(39-15-6-8-17-41(39)48)34-21-23-45-43(27-34)44-26-31-12-3-4-13-32(31)28-46(44)49-45/h1-28H. The maximum absolute atomic E-state index is 2.44. The molecule has 0 bridgehead atoms. The molecule has 0 nitrogen and oxygen atoms in total. The predicted molar refractivity (Wildman–Crippen MR) is 215 cm³/mol. The molecule has 49 heavy (non-hydrogen) atoms. The van der Waals surface area contributed by atoms with Crippen LogP contribution in [0, 0.1) is 0 Å². The summed E-state index contributed by atoms with van der Waals surface area (Å²) >= 11 is 1.89. The SMILES string of the molecule is c1ccc2cc3c(ccc4c(-c5c6ccccc6c(-c6ccc7sc8cc9ccccc9cc8c7c6)c6ccccc56)cccc43)cc2c1. The van der Waals surface area contributed by atoms with Gasteiger partial charge in [0.2, 0.25) is 0 Å². The van der Waals surface area contributed by atoms with Gasteiger partial charge in [-0.1, -0.05) is 133 Å². The lowest BCUT2D eigenvalue weighted by molar-refractivity contribution is 1.70. The molecule has 0 aliphatic heterocycles. The summed E-state index contributed by atoms with van der Waals surface area (Å²) in [6.45, 7) is 0. The fourth-order valence-electron chi connectivity index (χ4n) is 8.35. The Morgan fingerprint density at radius 1 is 0.265 bits per heavy atom. The van der Waals surface area contributed by atoms with Crippen LogP contribution < -0.4 is 0 Å². The van der Waals surface area contributed by atoms with Gasteiger partial charge in [0.25, 0.3) is 0 Å². The predicted octanol–water partition coefficient (Wildman–Crippen LogP) is 14.3. The Morgan fingerprint density at radius 3 is 1.51 bits per heavy atom. The van der Waals surface area contributed by atoms with Crippen molar-refractivity contribution < 1.29 is 0 Å². The van der Waals surface area contributed by atoms with E-state index < -0.39 is 0 Å². The van der Waals surface area contributed by atoms with Crippen molar-refractivity contribution in [3.8, 4) is 22.3 Å². The van der Waals surface area contributed by atoms with Crippen LogP contribution in [-0.4, -0.2) is 0 Å². The molecule has 0 unspecified atom stereocenters. The van der Waals surface area contributed by atoms with Gasteiger partial charge in [-0.3, -0.25) is 0 Å². The van der Waals surface area contributed by atoms with Gasteiger partial charge in [0, 0.05) is 20.2 Å². The average molecular weight is 637 g/mol. The highest BCUT2D eigenvalue weighted by molar-refractivity contribution is 7.25. The maximum Gasteiger partial charge on any atom is 0.0361 e. The van der Waals surface area contributed by atoms with E-state index in [0.717, 1.165) is 0 Å². The van der Waals surface area contributed by atoms with E-state index in [1.807, 2.05) is 11.3 Å². The molecule has 0 atom stereocenters. The molecular weight excluding hydrogens is 609 g/mol. The molecule has 1 aromatic heterocycles. The van der Waals surface area contributed by atoms with Crippen molar-refractivity contribution in [1.29, 1.82) is 0 Å². The number of hydrogen-bond donors (Lipinski definition) is 0. The van der Waals surface area contributed by atoms with Crippen LogP contribution in [0.15, 0.2) is 170 Å². The smallest absolute Gasteiger partial charge is 0.0361 e. The quantitative estimate of drug-likeness (QED) is 0.131. The second-order valence-corrected chi connectivity index (χ2v) is 14.3. The highest BCUT2D eigenvalue weighted by Gasteiger charge is 2.19. The Hall–Kier alpha value is -6.02. The molecule has 0 aliphatic rings. The van der Waals surface area contributed by atoms with Gasteiger partial charge in [-0.25, -0.2) is 0 Å². The zero-order chi connectivity index (χ0) is 32.1. The van der Waals surface area contributed by atoms with Crippen LogP contribution in [0.4, 0.5) is 0 Å². The van der Waals surface area contributed by atoms with E-state index in [1.54, 1.807) is 0 Å². The zero-order valence-electron chi connectivity index (χ0n) is 26.6. The Balaban J connectivity index is 1.21. The first-order chi connectivity index (χ1) is 24.3. The molecule has 0 amide bonds. The minimum absolute atomic E-state index is 1.26. The van der Waals surface area contributed by atoms with Crippen molar-refractivity contribution in [1.82, 2.24) is 0 Å². The molecule has 0 aliphatic carbocycles. The molecule has 0 radical (unpaired) electrons. The van der Waals surface area contributed by atoms with E-state index in [2.05, 4.69) is 170 Å². The second kappa shape index (κ2) is 10.2. The van der Waals surface area contributed by atoms with Crippen molar-refractivity contribution >= 4 is 96.1 Å². The number of benzene rings is 10. The van der Waals surface area contributed by atoms with Gasteiger partial charge >= 0.3 is 0 Å². The van der Waals surface area contributed by atoms with E-state index in [-0.39, 0.29) is 0 Å². The third kappa shape index (κ3) is 3.97. The lowest BCUT2D eigenvalue weighted by Gasteiger charge is -2.19. The lowest BCUT2D eigenvalue weighted by Crippen LogP contribution is -1.92. The molecule has 10 aromatic carbocycles. The van der Waals surface area contributed by atoms with Crippen molar-refractivity contribution in [2.75, 3.05) is 0 Å². The summed E-state index contributed by atoms with van der Waals surface area (Å²) in [6, 6.07) is 63.4. The molecule has 0 N–H and O–H groups in total. The first-order valence-electron chi connectivity index (χ1n) is 16.9. The number of rotatable bonds is 2. The summed E-state index contributed by atoms with van der Waals surface area (Å²) in [5.41, 5.74) is 5.14. The van der Waals surface area contributed by atoms with E-state index in [9.17, 15) is 0 Å².